The van der Waals surface area contributed by atoms with Crippen LogP contribution in [0, 0.1) is 0 Å². The summed E-state index contributed by atoms with van der Waals surface area (Å²) in [5.41, 5.74) is 18.2. The van der Waals surface area contributed by atoms with Crippen molar-refractivity contribution in [2.45, 2.75) is 0 Å². The molecule has 0 radical (unpaired) electrons. The molecular formula is C75H47N7. The number of hydrogen-bond donors (Lipinski definition) is 0. The molecule has 382 valence electrons. The topological polar surface area (TPSA) is 58.4 Å². The third-order valence-corrected chi connectivity index (χ3v) is 16.7. The lowest BCUT2D eigenvalue weighted by atomic mass is 10.0. The van der Waals surface area contributed by atoms with Crippen LogP contribution in [0.15, 0.2) is 285 Å². The molecule has 17 rings (SSSR count). The van der Waals surface area contributed by atoms with Gasteiger partial charge in [0.2, 0.25) is 11.9 Å². The monoisotopic (exact) mass is 1050 g/mol. The van der Waals surface area contributed by atoms with Crippen molar-refractivity contribution in [2.75, 3.05) is 0 Å². The number of aromatic nitrogens is 7. The molecule has 0 bridgehead atoms. The Balaban J connectivity index is 1.02. The lowest BCUT2D eigenvalue weighted by Gasteiger charge is -2.17. The number of benzene rings is 12. The zero-order valence-corrected chi connectivity index (χ0v) is 44.3. The summed E-state index contributed by atoms with van der Waals surface area (Å²) in [6.45, 7) is 0. The highest BCUT2D eigenvalue weighted by molar-refractivity contribution is 6.25. The Morgan fingerprint density at radius 3 is 0.890 bits per heavy atom. The van der Waals surface area contributed by atoms with Gasteiger partial charge in [-0.05, 0) is 58.7 Å². The summed E-state index contributed by atoms with van der Waals surface area (Å²) in [7, 11) is 0. The first-order valence-electron chi connectivity index (χ1n) is 27.9. The highest BCUT2D eigenvalue weighted by atomic mass is 15.3. The van der Waals surface area contributed by atoms with Crippen LogP contribution >= 0.6 is 0 Å². The summed E-state index contributed by atoms with van der Waals surface area (Å²) < 4.78 is 9.53. The van der Waals surface area contributed by atoms with Gasteiger partial charge in [0.25, 0.3) is 0 Å². The Kier molecular flexibility index (Phi) is 10.2. The lowest BCUT2D eigenvalue weighted by Crippen LogP contribution is -2.11. The van der Waals surface area contributed by atoms with Crippen LogP contribution in [0.25, 0.3) is 155 Å². The number of nitrogens with zero attached hydrogens (tertiary/aromatic N) is 7. The van der Waals surface area contributed by atoms with Crippen molar-refractivity contribution < 1.29 is 0 Å². The SMILES string of the molecule is c1ccc(-c2ccc(-c3nc(-n4c5ccccc5c5ccc6c7ccccc7n(-c7ccccc7-c7ccccc7)c6c54)nc(-n4c5ccccc5c5ccc6c7ccccc7n(-c7ccccc7-c7ccccc7)c6c54)n3)cc2)cc1. The first-order chi connectivity index (χ1) is 40.7. The van der Waals surface area contributed by atoms with E-state index in [9.17, 15) is 0 Å². The fourth-order valence-electron chi connectivity index (χ4n) is 13.1. The summed E-state index contributed by atoms with van der Waals surface area (Å²) in [5, 5.41) is 8.98. The number of para-hydroxylation sites is 6. The van der Waals surface area contributed by atoms with Crippen molar-refractivity contribution in [3.8, 4) is 68.0 Å². The Morgan fingerprint density at radius 1 is 0.195 bits per heavy atom. The number of hydrogen-bond acceptors (Lipinski definition) is 3. The van der Waals surface area contributed by atoms with E-state index in [-0.39, 0.29) is 0 Å². The summed E-state index contributed by atoms with van der Waals surface area (Å²) in [6, 6.07) is 102. The maximum Gasteiger partial charge on any atom is 0.240 e. The summed E-state index contributed by atoms with van der Waals surface area (Å²) >= 11 is 0. The first-order valence-corrected chi connectivity index (χ1v) is 27.9. The van der Waals surface area contributed by atoms with E-state index < -0.39 is 0 Å². The maximum absolute atomic E-state index is 5.85. The average molecular weight is 1050 g/mol. The highest BCUT2D eigenvalue weighted by Gasteiger charge is 2.28. The van der Waals surface area contributed by atoms with Crippen LogP contribution in [0.1, 0.15) is 0 Å². The van der Waals surface area contributed by atoms with E-state index in [1.807, 2.05) is 0 Å². The van der Waals surface area contributed by atoms with Gasteiger partial charge < -0.3 is 9.13 Å². The van der Waals surface area contributed by atoms with Crippen LogP contribution in [0.2, 0.25) is 0 Å². The second-order valence-electron chi connectivity index (χ2n) is 21.1. The zero-order chi connectivity index (χ0) is 53.8. The fraction of sp³-hybridized carbons (Fsp3) is 0. The van der Waals surface area contributed by atoms with Gasteiger partial charge in [0.05, 0.1) is 55.5 Å². The van der Waals surface area contributed by atoms with Gasteiger partial charge in [-0.2, -0.15) is 15.0 Å². The van der Waals surface area contributed by atoms with Gasteiger partial charge in [-0.25, -0.2) is 0 Å². The molecule has 0 N–H and O–H groups in total. The largest absolute Gasteiger partial charge is 0.307 e. The van der Waals surface area contributed by atoms with E-state index in [1.165, 1.54) is 0 Å². The van der Waals surface area contributed by atoms with Crippen molar-refractivity contribution in [2.24, 2.45) is 0 Å². The average Bonchev–Trinajstić information content (AvgIpc) is 2.64. The van der Waals surface area contributed by atoms with E-state index in [4.69, 9.17) is 15.0 Å². The molecular weight excluding hydrogens is 999 g/mol. The highest BCUT2D eigenvalue weighted by Crippen LogP contribution is 2.46. The van der Waals surface area contributed by atoms with E-state index >= 15 is 0 Å². The molecule has 0 amide bonds. The molecule has 0 fully saturated rings. The molecule has 7 heteroatoms. The Bertz CT molecular complexity index is 5080. The molecule has 5 aromatic heterocycles. The van der Waals surface area contributed by atoms with Crippen LogP contribution < -0.4 is 0 Å². The molecule has 0 aliphatic rings. The van der Waals surface area contributed by atoms with Crippen molar-refractivity contribution in [3.63, 3.8) is 0 Å². The van der Waals surface area contributed by atoms with Gasteiger partial charge in [0.1, 0.15) is 0 Å². The molecule has 0 aliphatic carbocycles. The minimum Gasteiger partial charge on any atom is -0.307 e. The van der Waals surface area contributed by atoms with Crippen molar-refractivity contribution in [3.05, 3.63) is 285 Å². The predicted octanol–water partition coefficient (Wildman–Crippen LogP) is 18.9. The summed E-state index contributed by atoms with van der Waals surface area (Å²) in [4.78, 5) is 17.2. The van der Waals surface area contributed by atoms with E-state index in [0.717, 1.165) is 138 Å². The molecule has 0 spiro atoms. The second kappa shape index (κ2) is 18.2. The lowest BCUT2D eigenvalue weighted by molar-refractivity contribution is 0.893. The van der Waals surface area contributed by atoms with Crippen LogP contribution in [-0.2, 0) is 0 Å². The van der Waals surface area contributed by atoms with Crippen LogP contribution in [0.5, 0.6) is 0 Å². The molecule has 0 atom stereocenters. The number of fused-ring (bicyclic) bond motifs is 14. The van der Waals surface area contributed by atoms with Crippen LogP contribution in [-0.4, -0.2) is 33.2 Å². The van der Waals surface area contributed by atoms with Crippen molar-refractivity contribution in [1.82, 2.24) is 33.2 Å². The second-order valence-corrected chi connectivity index (χ2v) is 21.1. The van der Waals surface area contributed by atoms with Gasteiger partial charge >= 0.3 is 0 Å². The molecule has 12 aromatic carbocycles. The maximum atomic E-state index is 5.85. The van der Waals surface area contributed by atoms with E-state index in [2.05, 4.69) is 303 Å². The molecule has 0 aliphatic heterocycles. The first kappa shape index (κ1) is 45.8. The third kappa shape index (κ3) is 6.87. The van der Waals surface area contributed by atoms with Crippen molar-refractivity contribution >= 4 is 87.2 Å². The Morgan fingerprint density at radius 2 is 0.488 bits per heavy atom. The Hall–Kier alpha value is -11.2. The minimum absolute atomic E-state index is 0.507. The van der Waals surface area contributed by atoms with Gasteiger partial charge in [-0.3, -0.25) is 9.13 Å². The van der Waals surface area contributed by atoms with Crippen LogP contribution in [0.3, 0.4) is 0 Å². The fourth-order valence-corrected chi connectivity index (χ4v) is 13.1. The number of rotatable bonds is 8. The molecule has 0 saturated heterocycles. The predicted molar refractivity (Wildman–Crippen MR) is 339 cm³/mol. The van der Waals surface area contributed by atoms with Gasteiger partial charge in [-0.15, -0.1) is 0 Å². The molecule has 7 nitrogen and oxygen atoms in total. The summed E-state index contributed by atoms with van der Waals surface area (Å²) in [6.07, 6.45) is 0. The van der Waals surface area contributed by atoms with Crippen LogP contribution in [0.4, 0.5) is 0 Å². The van der Waals surface area contributed by atoms with Gasteiger partial charge in [0, 0.05) is 59.8 Å². The van der Waals surface area contributed by atoms with E-state index in [0.29, 0.717) is 17.7 Å². The molecule has 5 heterocycles. The molecule has 0 saturated carbocycles. The summed E-state index contributed by atoms with van der Waals surface area (Å²) in [5.74, 6) is 1.57. The molecule has 0 unspecified atom stereocenters. The normalized spacial score (nSPS) is 11.9. The minimum atomic E-state index is 0.507. The van der Waals surface area contributed by atoms with Gasteiger partial charge in [0.15, 0.2) is 5.82 Å². The third-order valence-electron chi connectivity index (χ3n) is 16.7. The Labute approximate surface area is 471 Å². The molecule has 82 heavy (non-hydrogen) atoms. The van der Waals surface area contributed by atoms with E-state index in [1.54, 1.807) is 0 Å². The zero-order valence-electron chi connectivity index (χ0n) is 44.3. The standard InChI is InChI=1S/C75H47N7/c1-4-22-48(23-5-1)49-40-42-52(43-41-49)73-76-74(81-67-38-20-14-32-57(67)61-46-44-59-55-30-12-18-36-65(55)79(69(59)71(61)81)63-34-16-10-28-53(63)50-24-6-2-7-25-50)78-75(77-73)82-68-39-21-15-33-58(68)62-47-45-60-56-31-13-19-37-66(56)80(70(60)72(62)82)64-35-17-11-29-54(64)51-26-8-3-9-27-51/h1-47H. The quantitative estimate of drug-likeness (QED) is 0.152. The molecule has 17 aromatic rings. The van der Waals surface area contributed by atoms with Gasteiger partial charge in [-0.1, -0.05) is 249 Å². The van der Waals surface area contributed by atoms with Crippen molar-refractivity contribution in [1.29, 1.82) is 0 Å². The smallest absolute Gasteiger partial charge is 0.240 e.